The molecule has 0 aliphatic carbocycles. The van der Waals surface area contributed by atoms with Gasteiger partial charge in [-0.1, -0.05) is 0 Å². The van der Waals surface area contributed by atoms with Gasteiger partial charge in [-0.2, -0.15) is 11.8 Å². The predicted octanol–water partition coefficient (Wildman–Crippen LogP) is -0.0701. The van der Waals surface area contributed by atoms with Gasteiger partial charge in [-0.05, 0) is 21.0 Å². The molecule has 0 aliphatic rings. The maximum absolute atomic E-state index is 10.4. The van der Waals surface area contributed by atoms with Crippen molar-refractivity contribution >= 4 is 41.0 Å². The Bertz CT molecular complexity index is 860. The molecule has 0 amide bonds. The van der Waals surface area contributed by atoms with Crippen molar-refractivity contribution < 1.29 is 39.7 Å². The van der Waals surface area contributed by atoms with Crippen molar-refractivity contribution in [2.75, 3.05) is 33.4 Å². The second kappa shape index (κ2) is 15.0. The van der Waals surface area contributed by atoms with E-state index in [0.717, 1.165) is 35.0 Å². The van der Waals surface area contributed by atoms with Crippen LogP contribution in [0.2, 0.25) is 0 Å². The minimum atomic E-state index is -2.82. The van der Waals surface area contributed by atoms with Crippen molar-refractivity contribution in [2.24, 2.45) is 5.92 Å². The van der Waals surface area contributed by atoms with Gasteiger partial charge in [0.1, 0.15) is 5.01 Å². The number of thiazole rings is 1. The molecule has 1 rings (SSSR count). The molecule has 1 aromatic rings. The first-order valence-corrected chi connectivity index (χ1v) is 11.6. The number of nitro groups is 1. The molecular formula is C18H29N5O9S2. The average molecular weight is 524 g/mol. The smallest absolute Gasteiger partial charge is 0.336 e. The minimum absolute atomic E-state index is 0.419. The second-order valence-corrected chi connectivity index (χ2v) is 9.14. The topological polar surface area (TPSA) is 215 Å². The zero-order valence-corrected chi connectivity index (χ0v) is 20.7. The largest absolute Gasteiger partial charge is 0.481 e. The molecule has 16 heteroatoms. The number of nitrogens with one attached hydrogen (secondary N) is 2. The molecule has 0 saturated heterocycles. The Balaban J connectivity index is 0.000000722. The molecule has 0 saturated carbocycles. The van der Waals surface area contributed by atoms with Crippen molar-refractivity contribution in [3.63, 3.8) is 0 Å². The number of thioether (sulfide) groups is 1. The standard InChI is InChI=1S/C12H21N5O2S2.C6H8O7/c1-13-11(6-17(18)19)14-4-5-20-8-10-9-21-12(15-10)7-16(2)3;1-6(13,5(11)12)2(3(7)8)4(9)10/h6,9,13-14H,4-5,7-8H2,1-3H3;2,13H,1H3,(H,7,8)(H,9,10)(H,11,12). The number of carboxylic acids is 3. The first kappa shape index (κ1) is 31.0. The van der Waals surface area contributed by atoms with Crippen LogP contribution >= 0.6 is 23.1 Å². The predicted molar refractivity (Wildman–Crippen MR) is 125 cm³/mol. The molecule has 34 heavy (non-hydrogen) atoms. The van der Waals surface area contributed by atoms with Crippen LogP contribution in [0.25, 0.3) is 0 Å². The fourth-order valence-electron chi connectivity index (χ4n) is 2.21. The summed E-state index contributed by atoms with van der Waals surface area (Å²) >= 11 is 3.43. The van der Waals surface area contributed by atoms with E-state index in [1.807, 2.05) is 14.1 Å². The van der Waals surface area contributed by atoms with E-state index in [0.29, 0.717) is 19.3 Å². The lowest BCUT2D eigenvalue weighted by Gasteiger charge is -2.21. The lowest BCUT2D eigenvalue weighted by molar-refractivity contribution is -0.404. The molecule has 1 atom stereocenters. The van der Waals surface area contributed by atoms with Crippen LogP contribution in [-0.2, 0) is 26.7 Å². The summed E-state index contributed by atoms with van der Waals surface area (Å²) in [6.45, 7) is 2.15. The summed E-state index contributed by atoms with van der Waals surface area (Å²) in [5, 5.41) is 53.3. The van der Waals surface area contributed by atoms with Gasteiger partial charge in [-0.25, -0.2) is 9.78 Å². The molecule has 6 N–H and O–H groups in total. The Morgan fingerprint density at radius 3 is 2.32 bits per heavy atom. The van der Waals surface area contributed by atoms with E-state index in [9.17, 15) is 24.5 Å². The van der Waals surface area contributed by atoms with Crippen LogP contribution in [0.3, 0.4) is 0 Å². The van der Waals surface area contributed by atoms with E-state index in [-0.39, 0.29) is 0 Å². The highest BCUT2D eigenvalue weighted by Crippen LogP contribution is 2.18. The first-order chi connectivity index (χ1) is 15.7. The van der Waals surface area contributed by atoms with E-state index in [1.165, 1.54) is 0 Å². The third-order valence-electron chi connectivity index (χ3n) is 3.86. The average Bonchev–Trinajstić information content (AvgIpc) is 3.12. The summed E-state index contributed by atoms with van der Waals surface area (Å²) in [5.41, 5.74) is -1.73. The van der Waals surface area contributed by atoms with Gasteiger partial charge in [-0.15, -0.1) is 11.3 Å². The Kier molecular flexibility index (Phi) is 13.7. The van der Waals surface area contributed by atoms with E-state index in [2.05, 4.69) is 25.9 Å². The fraction of sp³-hybridized carbons (Fsp3) is 0.556. The highest BCUT2D eigenvalue weighted by Gasteiger charge is 2.49. The number of carboxylic acid groups (broad SMARTS) is 3. The van der Waals surface area contributed by atoms with Gasteiger partial charge >= 0.3 is 17.9 Å². The van der Waals surface area contributed by atoms with Gasteiger partial charge in [0.25, 0.3) is 6.20 Å². The van der Waals surface area contributed by atoms with E-state index in [4.69, 9.17) is 20.4 Å². The van der Waals surface area contributed by atoms with Crippen molar-refractivity contribution in [2.45, 2.75) is 24.8 Å². The third kappa shape index (κ3) is 11.8. The summed E-state index contributed by atoms with van der Waals surface area (Å²) in [5.74, 6) is -5.95. The van der Waals surface area contributed by atoms with Gasteiger partial charge in [0.2, 0.25) is 0 Å². The van der Waals surface area contributed by atoms with Crippen LogP contribution in [0, 0.1) is 16.0 Å². The molecule has 0 bridgehead atoms. The zero-order valence-electron chi connectivity index (χ0n) is 19.0. The number of carbonyl (C=O) groups is 3. The monoisotopic (exact) mass is 523 g/mol. The number of aromatic nitrogens is 1. The summed E-state index contributed by atoms with van der Waals surface area (Å²) in [7, 11) is 5.70. The molecule has 1 heterocycles. The molecule has 0 aliphatic heterocycles. The van der Waals surface area contributed by atoms with Crippen molar-refractivity contribution in [1.29, 1.82) is 0 Å². The maximum Gasteiger partial charge on any atom is 0.336 e. The second-order valence-electron chi connectivity index (χ2n) is 7.09. The molecule has 1 aromatic heterocycles. The SMILES string of the molecule is CC(O)(C(=O)O)C(C(=O)O)C(=O)O.CNC(=C[N+](=O)[O-])NCCSCc1csc(CN(C)C)n1. The van der Waals surface area contributed by atoms with E-state index >= 15 is 0 Å². The number of aliphatic carboxylic acids is 3. The highest BCUT2D eigenvalue weighted by atomic mass is 32.2. The third-order valence-corrected chi connectivity index (χ3v) is 5.73. The van der Waals surface area contributed by atoms with Gasteiger partial charge in [0, 0.05) is 37.0 Å². The quantitative estimate of drug-likeness (QED) is 0.0814. The van der Waals surface area contributed by atoms with Crippen molar-refractivity contribution in [1.82, 2.24) is 20.5 Å². The summed E-state index contributed by atoms with van der Waals surface area (Å²) in [6, 6.07) is 0. The van der Waals surface area contributed by atoms with Gasteiger partial charge < -0.3 is 36.0 Å². The van der Waals surface area contributed by atoms with Gasteiger partial charge in [0.05, 0.1) is 10.6 Å². The lowest BCUT2D eigenvalue weighted by Crippen LogP contribution is -2.50. The van der Waals surface area contributed by atoms with E-state index in [1.54, 1.807) is 30.1 Å². The number of hydrogen-bond acceptors (Lipinski definition) is 12. The molecule has 0 spiro atoms. The maximum atomic E-state index is 10.4. The minimum Gasteiger partial charge on any atom is -0.481 e. The molecule has 1 unspecified atom stereocenters. The van der Waals surface area contributed by atoms with Crippen LogP contribution in [0.1, 0.15) is 17.6 Å². The molecule has 0 aromatic carbocycles. The molecule has 0 fully saturated rings. The van der Waals surface area contributed by atoms with Crippen molar-refractivity contribution in [3.8, 4) is 0 Å². The normalized spacial score (nSPS) is 13.0. The summed E-state index contributed by atoms with van der Waals surface area (Å²) < 4.78 is 0. The zero-order chi connectivity index (χ0) is 26.5. The van der Waals surface area contributed by atoms with Crippen LogP contribution in [0.4, 0.5) is 0 Å². The van der Waals surface area contributed by atoms with Crippen molar-refractivity contribution in [3.05, 3.63) is 38.2 Å². The Hall–Kier alpha value is -2.95. The molecule has 192 valence electrons. The lowest BCUT2D eigenvalue weighted by atomic mass is 9.89. The van der Waals surface area contributed by atoms with Crippen LogP contribution in [-0.4, -0.2) is 92.2 Å². The number of hydrogen-bond donors (Lipinski definition) is 6. The molecule has 0 radical (unpaired) electrons. The van der Waals surface area contributed by atoms with Gasteiger partial charge in [-0.3, -0.25) is 19.7 Å². The molecular weight excluding hydrogens is 494 g/mol. The summed E-state index contributed by atoms with van der Waals surface area (Å²) in [6.07, 6.45) is 0.929. The van der Waals surface area contributed by atoms with E-state index < -0.39 is 34.4 Å². The number of nitrogens with zero attached hydrogens (tertiary/aromatic N) is 3. The number of aliphatic hydroxyl groups is 1. The van der Waals surface area contributed by atoms with Gasteiger partial charge in [0.15, 0.2) is 17.3 Å². The Morgan fingerprint density at radius 1 is 1.32 bits per heavy atom. The van der Waals surface area contributed by atoms with Crippen LogP contribution < -0.4 is 10.6 Å². The van der Waals surface area contributed by atoms with Crippen LogP contribution in [0.15, 0.2) is 17.4 Å². The highest BCUT2D eigenvalue weighted by molar-refractivity contribution is 7.98. The fourth-order valence-corrected chi connectivity index (χ4v) is 3.97. The Labute approximate surface area is 203 Å². The summed E-state index contributed by atoms with van der Waals surface area (Å²) in [4.78, 5) is 47.4. The first-order valence-electron chi connectivity index (χ1n) is 9.56. The Morgan fingerprint density at radius 2 is 1.91 bits per heavy atom. The number of rotatable bonds is 14. The van der Waals surface area contributed by atoms with Crippen LogP contribution in [0.5, 0.6) is 0 Å². The molecule has 14 nitrogen and oxygen atoms in total.